The third-order valence-corrected chi connectivity index (χ3v) is 4.73. The molecule has 0 fully saturated rings. The zero-order chi connectivity index (χ0) is 15.5. The summed E-state index contributed by atoms with van der Waals surface area (Å²) in [4.78, 5) is 14.3. The van der Waals surface area contributed by atoms with Gasteiger partial charge in [0.2, 0.25) is 5.91 Å². The number of carbonyl (C=O) groups excluding carboxylic acids is 1. The molecule has 112 valence electrons. The fraction of sp³-hybridized carbons (Fsp3) is 0.211. The van der Waals surface area contributed by atoms with Crippen LogP contribution in [0.3, 0.4) is 0 Å². The van der Waals surface area contributed by atoms with E-state index >= 15 is 0 Å². The van der Waals surface area contributed by atoms with Crippen molar-refractivity contribution in [1.82, 2.24) is 4.90 Å². The summed E-state index contributed by atoms with van der Waals surface area (Å²) in [5.74, 6) is 0.0459. The average molecular weight is 356 g/mol. The van der Waals surface area contributed by atoms with Crippen LogP contribution in [-0.4, -0.2) is 17.9 Å². The first-order valence-electron chi connectivity index (χ1n) is 7.43. The largest absolute Gasteiger partial charge is 0.335 e. The normalized spacial score (nSPS) is 16.7. The molecule has 0 bridgehead atoms. The molecule has 0 heterocycles. The van der Waals surface area contributed by atoms with Gasteiger partial charge in [-0.25, -0.2) is 0 Å². The second kappa shape index (κ2) is 6.49. The molecule has 3 heteroatoms. The highest BCUT2D eigenvalue weighted by Gasteiger charge is 2.27. The lowest BCUT2D eigenvalue weighted by molar-refractivity contribution is -0.126. The van der Waals surface area contributed by atoms with E-state index in [0.717, 1.165) is 22.9 Å². The van der Waals surface area contributed by atoms with Crippen LogP contribution in [0.15, 0.2) is 59.1 Å². The van der Waals surface area contributed by atoms with E-state index in [4.69, 9.17) is 0 Å². The fourth-order valence-corrected chi connectivity index (χ4v) is 3.21. The van der Waals surface area contributed by atoms with Crippen molar-refractivity contribution in [3.05, 3.63) is 75.8 Å². The summed E-state index contributed by atoms with van der Waals surface area (Å²) in [6, 6.07) is 16.5. The molecular weight excluding hydrogens is 338 g/mol. The van der Waals surface area contributed by atoms with Crippen LogP contribution in [0.25, 0.3) is 6.08 Å². The molecule has 2 nitrogen and oxygen atoms in total. The van der Waals surface area contributed by atoms with Crippen molar-refractivity contribution in [2.75, 3.05) is 7.05 Å². The summed E-state index contributed by atoms with van der Waals surface area (Å²) >= 11 is 3.41. The van der Waals surface area contributed by atoms with Gasteiger partial charge in [0.1, 0.15) is 0 Å². The number of rotatable bonds is 3. The Kier molecular flexibility index (Phi) is 4.44. The Balaban J connectivity index is 1.71. The van der Waals surface area contributed by atoms with E-state index in [9.17, 15) is 4.79 Å². The Morgan fingerprint density at radius 3 is 2.68 bits per heavy atom. The minimum absolute atomic E-state index is 0.0459. The van der Waals surface area contributed by atoms with Gasteiger partial charge in [-0.15, -0.1) is 0 Å². The smallest absolute Gasteiger partial charge is 0.246 e. The van der Waals surface area contributed by atoms with Crippen molar-refractivity contribution in [2.24, 2.45) is 0 Å². The molecule has 0 spiro atoms. The molecule has 1 atom stereocenters. The van der Waals surface area contributed by atoms with Gasteiger partial charge < -0.3 is 4.90 Å². The first-order valence-corrected chi connectivity index (χ1v) is 8.23. The van der Waals surface area contributed by atoms with E-state index in [2.05, 4.69) is 34.1 Å². The SMILES string of the molecule is CN(C(=O)C=Cc1ccc(Br)cc1)C1CCc2ccccc21. The number of carbonyl (C=O) groups is 1. The molecule has 1 aliphatic rings. The summed E-state index contributed by atoms with van der Waals surface area (Å²) in [7, 11) is 1.89. The lowest BCUT2D eigenvalue weighted by atomic mass is 10.1. The Hall–Kier alpha value is -1.87. The molecule has 2 aromatic rings. The topological polar surface area (TPSA) is 20.3 Å². The average Bonchev–Trinajstić information content (AvgIpc) is 2.97. The summed E-state index contributed by atoms with van der Waals surface area (Å²) < 4.78 is 1.04. The predicted octanol–water partition coefficient (Wildman–Crippen LogP) is 4.61. The van der Waals surface area contributed by atoms with Crippen molar-refractivity contribution < 1.29 is 4.79 Å². The van der Waals surface area contributed by atoms with Crippen LogP contribution in [0.4, 0.5) is 0 Å². The first-order chi connectivity index (χ1) is 10.6. The molecule has 2 aromatic carbocycles. The molecule has 1 aliphatic carbocycles. The van der Waals surface area contributed by atoms with Crippen molar-refractivity contribution >= 4 is 27.9 Å². The lowest BCUT2D eigenvalue weighted by Crippen LogP contribution is -2.28. The molecule has 0 radical (unpaired) electrons. The molecule has 0 saturated heterocycles. The third kappa shape index (κ3) is 3.14. The lowest BCUT2D eigenvalue weighted by Gasteiger charge is -2.24. The van der Waals surface area contributed by atoms with Crippen LogP contribution in [0.2, 0.25) is 0 Å². The minimum Gasteiger partial charge on any atom is -0.335 e. The van der Waals surface area contributed by atoms with Crippen molar-refractivity contribution in [2.45, 2.75) is 18.9 Å². The quantitative estimate of drug-likeness (QED) is 0.736. The molecule has 3 rings (SSSR count). The summed E-state index contributed by atoms with van der Waals surface area (Å²) in [6.07, 6.45) is 5.58. The molecule has 1 amide bonds. The van der Waals surface area contributed by atoms with Crippen LogP contribution in [0, 0.1) is 0 Å². The van der Waals surface area contributed by atoms with Crippen LogP contribution >= 0.6 is 15.9 Å². The number of hydrogen-bond acceptors (Lipinski definition) is 1. The molecule has 0 aromatic heterocycles. The van der Waals surface area contributed by atoms with E-state index in [1.165, 1.54) is 11.1 Å². The predicted molar refractivity (Wildman–Crippen MR) is 93.5 cm³/mol. The maximum absolute atomic E-state index is 12.4. The molecule has 1 unspecified atom stereocenters. The van der Waals surface area contributed by atoms with Crippen molar-refractivity contribution in [3.8, 4) is 0 Å². The maximum Gasteiger partial charge on any atom is 0.246 e. The van der Waals surface area contributed by atoms with E-state index < -0.39 is 0 Å². The maximum atomic E-state index is 12.4. The van der Waals surface area contributed by atoms with E-state index in [-0.39, 0.29) is 11.9 Å². The number of nitrogens with zero attached hydrogens (tertiary/aromatic N) is 1. The second-order valence-electron chi connectivity index (χ2n) is 5.59. The number of hydrogen-bond donors (Lipinski definition) is 0. The Morgan fingerprint density at radius 2 is 1.91 bits per heavy atom. The summed E-state index contributed by atoms with van der Waals surface area (Å²) in [6.45, 7) is 0. The van der Waals surface area contributed by atoms with Gasteiger partial charge in [0, 0.05) is 17.6 Å². The van der Waals surface area contributed by atoms with Gasteiger partial charge in [-0.2, -0.15) is 0 Å². The number of benzene rings is 2. The number of amides is 1. The summed E-state index contributed by atoms with van der Waals surface area (Å²) in [5.41, 5.74) is 3.68. The Labute approximate surface area is 139 Å². The number of fused-ring (bicyclic) bond motifs is 1. The van der Waals surface area contributed by atoms with Gasteiger partial charge >= 0.3 is 0 Å². The third-order valence-electron chi connectivity index (χ3n) is 4.20. The standard InChI is InChI=1S/C19H18BrNO/c1-21(18-12-9-15-4-2-3-5-17(15)18)19(22)13-8-14-6-10-16(20)11-7-14/h2-8,10-11,13,18H,9,12H2,1H3. The molecule has 22 heavy (non-hydrogen) atoms. The van der Waals surface area contributed by atoms with Gasteiger partial charge in [0.15, 0.2) is 0 Å². The number of halogens is 1. The van der Waals surface area contributed by atoms with Crippen molar-refractivity contribution in [3.63, 3.8) is 0 Å². The zero-order valence-electron chi connectivity index (χ0n) is 12.5. The first kappa shape index (κ1) is 15.0. The van der Waals surface area contributed by atoms with Gasteiger partial charge in [-0.1, -0.05) is 52.3 Å². The highest BCUT2D eigenvalue weighted by Crippen LogP contribution is 2.34. The molecule has 0 N–H and O–H groups in total. The fourth-order valence-electron chi connectivity index (χ4n) is 2.95. The number of aryl methyl sites for hydroxylation is 1. The molecule has 0 saturated carbocycles. The van der Waals surface area contributed by atoms with Crippen molar-refractivity contribution in [1.29, 1.82) is 0 Å². The van der Waals surface area contributed by atoms with Gasteiger partial charge in [-0.3, -0.25) is 4.79 Å². The molecule has 0 aliphatic heterocycles. The van der Waals surface area contributed by atoms with E-state index in [1.54, 1.807) is 6.08 Å². The van der Waals surface area contributed by atoms with Crippen LogP contribution in [-0.2, 0) is 11.2 Å². The Bertz CT molecular complexity index is 706. The van der Waals surface area contributed by atoms with E-state index in [0.29, 0.717) is 0 Å². The molecular formula is C19H18BrNO. The monoisotopic (exact) mass is 355 g/mol. The Morgan fingerprint density at radius 1 is 1.18 bits per heavy atom. The zero-order valence-corrected chi connectivity index (χ0v) is 14.1. The summed E-state index contributed by atoms with van der Waals surface area (Å²) in [5, 5.41) is 0. The number of likely N-dealkylation sites (N-methyl/N-ethyl adjacent to an activating group) is 1. The van der Waals surface area contributed by atoms with Crippen LogP contribution < -0.4 is 0 Å². The van der Waals surface area contributed by atoms with Gasteiger partial charge in [-0.05, 0) is 47.7 Å². The second-order valence-corrected chi connectivity index (χ2v) is 6.50. The minimum atomic E-state index is 0.0459. The van der Waals surface area contributed by atoms with Crippen LogP contribution in [0.5, 0.6) is 0 Å². The van der Waals surface area contributed by atoms with Gasteiger partial charge in [0.05, 0.1) is 6.04 Å². The van der Waals surface area contributed by atoms with Crippen LogP contribution in [0.1, 0.15) is 29.2 Å². The van der Waals surface area contributed by atoms with Gasteiger partial charge in [0.25, 0.3) is 0 Å². The highest BCUT2D eigenvalue weighted by molar-refractivity contribution is 9.10. The van der Waals surface area contributed by atoms with E-state index in [1.807, 2.05) is 48.4 Å². The highest BCUT2D eigenvalue weighted by atomic mass is 79.9.